The van der Waals surface area contributed by atoms with E-state index in [1.807, 2.05) is 0 Å². The summed E-state index contributed by atoms with van der Waals surface area (Å²) in [5.74, 6) is -1.18. The molecule has 2 nitrogen and oxygen atoms in total. The first-order chi connectivity index (χ1) is 5.75. The van der Waals surface area contributed by atoms with E-state index >= 15 is 0 Å². The molecular weight excluding hydrogens is 200 g/mol. The Morgan fingerprint density at radius 1 is 1.31 bits per heavy atom. The highest BCUT2D eigenvalue weighted by Gasteiger charge is 2.07. The Morgan fingerprint density at radius 2 is 1.85 bits per heavy atom. The molecule has 0 saturated carbocycles. The molecule has 0 atom stereocenters. The number of halogens is 3. The molecule has 1 N–H and O–H groups in total. The topological polar surface area (TPSA) is 21.3 Å². The van der Waals surface area contributed by atoms with Gasteiger partial charge in [0.1, 0.15) is 11.6 Å². The summed E-state index contributed by atoms with van der Waals surface area (Å²) in [6.07, 6.45) is 0. The van der Waals surface area contributed by atoms with Gasteiger partial charge in [-0.15, -0.1) is 12.4 Å². The molecule has 0 aliphatic carbocycles. The Hall–Kier alpha value is -0.710. The lowest BCUT2D eigenvalue weighted by molar-refractivity contribution is 0.0409. The van der Waals surface area contributed by atoms with Gasteiger partial charge in [-0.05, 0) is 12.1 Å². The number of benzene rings is 1. The van der Waals surface area contributed by atoms with Gasteiger partial charge >= 0.3 is 0 Å². The summed E-state index contributed by atoms with van der Waals surface area (Å²) in [7, 11) is 1.53. The fourth-order valence-electron chi connectivity index (χ4n) is 0.815. The molecule has 5 heteroatoms. The minimum atomic E-state index is -0.592. The summed E-state index contributed by atoms with van der Waals surface area (Å²) in [6.45, 7) is -0.116. The van der Waals surface area contributed by atoms with Gasteiger partial charge in [-0.25, -0.2) is 14.3 Å². The second-order valence-corrected chi connectivity index (χ2v) is 2.19. The lowest BCUT2D eigenvalue weighted by Gasteiger charge is -2.03. The van der Waals surface area contributed by atoms with Crippen molar-refractivity contribution in [1.82, 2.24) is 5.48 Å². The van der Waals surface area contributed by atoms with E-state index in [4.69, 9.17) is 0 Å². The molecule has 0 amide bonds. The first-order valence-electron chi connectivity index (χ1n) is 3.47. The van der Waals surface area contributed by atoms with Crippen LogP contribution in [0.2, 0.25) is 0 Å². The molecule has 0 fully saturated rings. The van der Waals surface area contributed by atoms with E-state index < -0.39 is 11.6 Å². The van der Waals surface area contributed by atoms with Crippen LogP contribution in [0.1, 0.15) is 5.56 Å². The fourth-order valence-corrected chi connectivity index (χ4v) is 0.815. The van der Waals surface area contributed by atoms with Gasteiger partial charge < -0.3 is 0 Å². The Morgan fingerprint density at radius 3 is 2.31 bits per heavy atom. The van der Waals surface area contributed by atoms with Gasteiger partial charge in [0.05, 0.1) is 12.2 Å². The van der Waals surface area contributed by atoms with Crippen LogP contribution in [-0.2, 0) is 11.4 Å². The summed E-state index contributed by atoms with van der Waals surface area (Å²) < 4.78 is 25.7. The van der Waals surface area contributed by atoms with Crippen LogP contribution in [-0.4, -0.2) is 7.05 Å². The van der Waals surface area contributed by atoms with E-state index in [1.165, 1.54) is 25.2 Å². The van der Waals surface area contributed by atoms with Crippen molar-refractivity contribution >= 4 is 12.4 Å². The molecule has 1 rings (SSSR count). The lowest BCUT2D eigenvalue weighted by Crippen LogP contribution is -2.09. The normalized spacial score (nSPS) is 9.46. The molecule has 0 unspecified atom stereocenters. The van der Waals surface area contributed by atoms with Crippen molar-refractivity contribution in [3.8, 4) is 0 Å². The molecule has 1 aromatic carbocycles. The number of hydrogen-bond donors (Lipinski definition) is 1. The Balaban J connectivity index is 0.00000144. The molecule has 13 heavy (non-hydrogen) atoms. The maximum atomic E-state index is 12.8. The molecule has 0 saturated heterocycles. The molecular formula is C8H10ClF2NO. The standard InChI is InChI=1S/C8H9F2NO.ClH/c1-11-12-5-6-7(9)3-2-4-8(6)10;/h2-4,11H,5H2,1H3;1H. The smallest absolute Gasteiger partial charge is 0.131 e. The molecule has 0 bridgehead atoms. The van der Waals surface area contributed by atoms with Gasteiger partial charge in [0.15, 0.2) is 0 Å². The number of rotatable bonds is 3. The molecule has 0 aliphatic heterocycles. The van der Waals surface area contributed by atoms with Gasteiger partial charge in [-0.1, -0.05) is 6.07 Å². The van der Waals surface area contributed by atoms with E-state index in [0.717, 1.165) is 0 Å². The van der Waals surface area contributed by atoms with E-state index in [-0.39, 0.29) is 24.6 Å². The molecule has 0 aromatic heterocycles. The number of nitrogens with one attached hydrogen (secondary N) is 1. The van der Waals surface area contributed by atoms with E-state index in [9.17, 15) is 8.78 Å². The molecule has 0 aliphatic rings. The van der Waals surface area contributed by atoms with E-state index in [0.29, 0.717) is 0 Å². The second-order valence-electron chi connectivity index (χ2n) is 2.19. The zero-order valence-corrected chi connectivity index (χ0v) is 7.83. The zero-order valence-electron chi connectivity index (χ0n) is 7.01. The SMILES string of the molecule is CNOCc1c(F)cccc1F.Cl. The number of hydroxylamine groups is 1. The van der Waals surface area contributed by atoms with Gasteiger partial charge in [0.2, 0.25) is 0 Å². The van der Waals surface area contributed by atoms with Crippen molar-refractivity contribution in [2.45, 2.75) is 6.61 Å². The molecule has 0 spiro atoms. The summed E-state index contributed by atoms with van der Waals surface area (Å²) in [5, 5.41) is 0. The fraction of sp³-hybridized carbons (Fsp3) is 0.250. The van der Waals surface area contributed by atoms with Crippen molar-refractivity contribution in [1.29, 1.82) is 0 Å². The highest BCUT2D eigenvalue weighted by molar-refractivity contribution is 5.85. The van der Waals surface area contributed by atoms with E-state index in [2.05, 4.69) is 10.3 Å². The van der Waals surface area contributed by atoms with Crippen LogP contribution in [0.5, 0.6) is 0 Å². The lowest BCUT2D eigenvalue weighted by atomic mass is 10.2. The average Bonchev–Trinajstić information content (AvgIpc) is 2.04. The summed E-state index contributed by atoms with van der Waals surface area (Å²) in [5.41, 5.74) is 2.27. The Kier molecular flexibility index (Phi) is 5.53. The predicted molar refractivity (Wildman–Crippen MR) is 47.5 cm³/mol. The summed E-state index contributed by atoms with van der Waals surface area (Å²) in [4.78, 5) is 4.65. The minimum absolute atomic E-state index is 0. The molecule has 0 heterocycles. The van der Waals surface area contributed by atoms with Gasteiger partial charge in [0, 0.05) is 7.05 Å². The maximum Gasteiger partial charge on any atom is 0.131 e. The van der Waals surface area contributed by atoms with Crippen molar-refractivity contribution in [2.24, 2.45) is 0 Å². The Labute approximate surface area is 81.3 Å². The quantitative estimate of drug-likeness (QED) is 0.770. The van der Waals surface area contributed by atoms with Gasteiger partial charge in [0.25, 0.3) is 0 Å². The second kappa shape index (κ2) is 5.85. The third-order valence-electron chi connectivity index (χ3n) is 1.42. The van der Waals surface area contributed by atoms with Crippen molar-refractivity contribution in [2.75, 3.05) is 7.05 Å². The van der Waals surface area contributed by atoms with Crippen LogP contribution in [0.4, 0.5) is 8.78 Å². The minimum Gasteiger partial charge on any atom is -0.297 e. The van der Waals surface area contributed by atoms with Crippen molar-refractivity contribution in [3.05, 3.63) is 35.4 Å². The van der Waals surface area contributed by atoms with Crippen LogP contribution in [0.25, 0.3) is 0 Å². The van der Waals surface area contributed by atoms with Crippen LogP contribution in [0.15, 0.2) is 18.2 Å². The largest absolute Gasteiger partial charge is 0.297 e. The summed E-state index contributed by atoms with van der Waals surface area (Å²) >= 11 is 0. The monoisotopic (exact) mass is 209 g/mol. The number of hydrogen-bond acceptors (Lipinski definition) is 2. The van der Waals surface area contributed by atoms with Crippen LogP contribution in [0, 0.1) is 11.6 Å². The highest BCUT2D eigenvalue weighted by Crippen LogP contribution is 2.12. The van der Waals surface area contributed by atoms with Gasteiger partial charge in [-0.2, -0.15) is 0 Å². The Bertz CT molecular complexity index is 250. The first kappa shape index (κ1) is 12.3. The third-order valence-corrected chi connectivity index (χ3v) is 1.42. The van der Waals surface area contributed by atoms with Crippen LogP contribution in [0.3, 0.4) is 0 Å². The van der Waals surface area contributed by atoms with Crippen LogP contribution < -0.4 is 5.48 Å². The highest BCUT2D eigenvalue weighted by atomic mass is 35.5. The van der Waals surface area contributed by atoms with Crippen LogP contribution >= 0.6 is 12.4 Å². The third kappa shape index (κ3) is 3.26. The van der Waals surface area contributed by atoms with Crippen molar-refractivity contribution in [3.63, 3.8) is 0 Å². The van der Waals surface area contributed by atoms with Gasteiger partial charge in [-0.3, -0.25) is 4.84 Å². The first-order valence-corrected chi connectivity index (χ1v) is 3.47. The van der Waals surface area contributed by atoms with E-state index in [1.54, 1.807) is 0 Å². The molecule has 74 valence electrons. The zero-order chi connectivity index (χ0) is 8.97. The van der Waals surface area contributed by atoms with Crippen molar-refractivity contribution < 1.29 is 13.6 Å². The molecule has 1 aromatic rings. The summed E-state index contributed by atoms with van der Waals surface area (Å²) in [6, 6.07) is 3.70. The molecule has 0 radical (unpaired) electrons. The average molecular weight is 210 g/mol. The predicted octanol–water partition coefficient (Wildman–Crippen LogP) is 2.04. The maximum absolute atomic E-state index is 12.8.